The fourth-order valence-electron chi connectivity index (χ4n) is 2.37. The van der Waals surface area contributed by atoms with Gasteiger partial charge in [-0.15, -0.1) is 0 Å². The van der Waals surface area contributed by atoms with E-state index in [1.54, 1.807) is 0 Å². The molecule has 0 aromatic heterocycles. The van der Waals surface area contributed by atoms with Crippen LogP contribution in [0.1, 0.15) is 46.0 Å². The minimum absolute atomic E-state index is 0.841. The van der Waals surface area contributed by atoms with Gasteiger partial charge >= 0.3 is 0 Å². The van der Waals surface area contributed by atoms with Gasteiger partial charge in [0.15, 0.2) is 0 Å². The van der Waals surface area contributed by atoms with E-state index in [1.807, 2.05) is 0 Å². The predicted molar refractivity (Wildman–Crippen MR) is 54.0 cm³/mol. The van der Waals surface area contributed by atoms with E-state index >= 15 is 0 Å². The van der Waals surface area contributed by atoms with Crippen molar-refractivity contribution in [3.63, 3.8) is 0 Å². The summed E-state index contributed by atoms with van der Waals surface area (Å²) in [6.07, 6.45) is 7.05. The molecule has 1 fully saturated rings. The Balaban J connectivity index is 2.17. The van der Waals surface area contributed by atoms with Crippen molar-refractivity contribution in [1.29, 1.82) is 0 Å². The van der Waals surface area contributed by atoms with E-state index in [1.165, 1.54) is 32.1 Å². The molecule has 0 aliphatic heterocycles. The monoisotopic (exact) mass is 169 g/mol. The summed E-state index contributed by atoms with van der Waals surface area (Å²) in [5.74, 6) is 2.73. The van der Waals surface area contributed by atoms with Crippen LogP contribution in [-0.4, -0.2) is 6.54 Å². The molecule has 1 heteroatoms. The molecule has 1 saturated carbocycles. The third-order valence-electron chi connectivity index (χ3n) is 3.10. The van der Waals surface area contributed by atoms with Crippen molar-refractivity contribution in [1.82, 2.24) is 0 Å². The zero-order chi connectivity index (χ0) is 8.97. The van der Waals surface area contributed by atoms with Crippen LogP contribution in [0.2, 0.25) is 0 Å². The van der Waals surface area contributed by atoms with Crippen LogP contribution in [-0.2, 0) is 0 Å². The molecule has 0 saturated heterocycles. The predicted octanol–water partition coefficient (Wildman–Crippen LogP) is 2.80. The minimum atomic E-state index is 0.841. The SMILES string of the molecule is CC(C)C[C@H]1CC[C@H](CN)CC1. The van der Waals surface area contributed by atoms with E-state index in [-0.39, 0.29) is 0 Å². The lowest BCUT2D eigenvalue weighted by Gasteiger charge is -2.28. The van der Waals surface area contributed by atoms with Gasteiger partial charge in [-0.25, -0.2) is 0 Å². The lowest BCUT2D eigenvalue weighted by atomic mass is 9.78. The molecule has 2 N–H and O–H groups in total. The standard InChI is InChI=1S/C11H23N/c1-9(2)7-10-3-5-11(8-12)6-4-10/h9-11H,3-8,12H2,1-2H3/t10-,11-. The van der Waals surface area contributed by atoms with E-state index < -0.39 is 0 Å². The van der Waals surface area contributed by atoms with E-state index in [0.29, 0.717) is 0 Å². The summed E-state index contributed by atoms with van der Waals surface area (Å²) in [6.45, 7) is 5.57. The minimum Gasteiger partial charge on any atom is -0.330 e. The van der Waals surface area contributed by atoms with E-state index in [2.05, 4.69) is 13.8 Å². The number of hydrogen-bond donors (Lipinski definition) is 1. The average molecular weight is 169 g/mol. The summed E-state index contributed by atoms with van der Waals surface area (Å²) in [4.78, 5) is 0. The molecule has 0 bridgehead atoms. The van der Waals surface area contributed by atoms with Gasteiger partial charge in [0.1, 0.15) is 0 Å². The van der Waals surface area contributed by atoms with Gasteiger partial charge in [0.2, 0.25) is 0 Å². The van der Waals surface area contributed by atoms with Gasteiger partial charge in [-0.3, -0.25) is 0 Å². The third kappa shape index (κ3) is 3.14. The smallest absolute Gasteiger partial charge is 0.00489 e. The van der Waals surface area contributed by atoms with Gasteiger partial charge in [0.05, 0.1) is 0 Å². The second kappa shape index (κ2) is 4.86. The molecule has 0 amide bonds. The molecule has 72 valence electrons. The highest BCUT2D eigenvalue weighted by molar-refractivity contribution is 4.73. The fourth-order valence-corrected chi connectivity index (χ4v) is 2.37. The third-order valence-corrected chi connectivity index (χ3v) is 3.10. The molecule has 12 heavy (non-hydrogen) atoms. The summed E-state index contributed by atoms with van der Waals surface area (Å²) < 4.78 is 0. The van der Waals surface area contributed by atoms with Crippen molar-refractivity contribution in [2.75, 3.05) is 6.54 Å². The molecule has 0 aromatic rings. The van der Waals surface area contributed by atoms with Crippen molar-refractivity contribution in [2.24, 2.45) is 23.5 Å². The van der Waals surface area contributed by atoms with E-state index in [9.17, 15) is 0 Å². The highest BCUT2D eigenvalue weighted by atomic mass is 14.5. The highest BCUT2D eigenvalue weighted by Crippen LogP contribution is 2.31. The van der Waals surface area contributed by atoms with E-state index in [0.717, 1.165) is 24.3 Å². The van der Waals surface area contributed by atoms with E-state index in [4.69, 9.17) is 5.73 Å². The first-order valence-corrected chi connectivity index (χ1v) is 5.42. The van der Waals surface area contributed by atoms with Crippen LogP contribution >= 0.6 is 0 Å². The van der Waals surface area contributed by atoms with Crippen molar-refractivity contribution in [3.8, 4) is 0 Å². The van der Waals surface area contributed by atoms with Gasteiger partial charge in [-0.1, -0.05) is 26.7 Å². The largest absolute Gasteiger partial charge is 0.330 e. The Bertz CT molecular complexity index is 112. The average Bonchev–Trinajstić information content (AvgIpc) is 2.05. The second-order valence-electron chi connectivity index (χ2n) is 4.75. The quantitative estimate of drug-likeness (QED) is 0.690. The number of rotatable bonds is 3. The lowest BCUT2D eigenvalue weighted by Crippen LogP contribution is -2.22. The van der Waals surface area contributed by atoms with Gasteiger partial charge in [-0.2, -0.15) is 0 Å². The molecule has 1 rings (SSSR count). The number of hydrogen-bond acceptors (Lipinski definition) is 1. The van der Waals surface area contributed by atoms with Crippen molar-refractivity contribution < 1.29 is 0 Å². The summed E-state index contributed by atoms with van der Waals surface area (Å²) in [5.41, 5.74) is 5.65. The molecule has 0 heterocycles. The van der Waals surface area contributed by atoms with Crippen LogP contribution in [0.15, 0.2) is 0 Å². The molecule has 1 aliphatic carbocycles. The number of nitrogens with two attached hydrogens (primary N) is 1. The van der Waals surface area contributed by atoms with Crippen molar-refractivity contribution in [2.45, 2.75) is 46.0 Å². The fraction of sp³-hybridized carbons (Fsp3) is 1.00. The van der Waals surface area contributed by atoms with Crippen LogP contribution in [0, 0.1) is 17.8 Å². The Hall–Kier alpha value is -0.0400. The summed E-state index contributed by atoms with van der Waals surface area (Å²) in [7, 11) is 0. The molecule has 0 unspecified atom stereocenters. The van der Waals surface area contributed by atoms with Crippen LogP contribution in [0.25, 0.3) is 0 Å². The molecular formula is C11H23N. The maximum Gasteiger partial charge on any atom is -0.00489 e. The van der Waals surface area contributed by atoms with Crippen LogP contribution in [0.4, 0.5) is 0 Å². The maximum atomic E-state index is 5.65. The van der Waals surface area contributed by atoms with Gasteiger partial charge < -0.3 is 5.73 Å². The Kier molecular flexibility index (Phi) is 4.07. The second-order valence-corrected chi connectivity index (χ2v) is 4.75. The first-order valence-electron chi connectivity index (χ1n) is 5.42. The summed E-state index contributed by atoms with van der Waals surface area (Å²) in [6, 6.07) is 0. The van der Waals surface area contributed by atoms with Crippen LogP contribution in [0.3, 0.4) is 0 Å². The molecule has 0 atom stereocenters. The van der Waals surface area contributed by atoms with Crippen LogP contribution < -0.4 is 5.73 Å². The summed E-state index contributed by atoms with van der Waals surface area (Å²) >= 11 is 0. The van der Waals surface area contributed by atoms with Crippen LogP contribution in [0.5, 0.6) is 0 Å². The topological polar surface area (TPSA) is 26.0 Å². The van der Waals surface area contributed by atoms with Crippen molar-refractivity contribution in [3.05, 3.63) is 0 Å². The maximum absolute atomic E-state index is 5.65. The Morgan fingerprint density at radius 1 is 1.08 bits per heavy atom. The molecule has 1 nitrogen and oxygen atoms in total. The zero-order valence-corrected chi connectivity index (χ0v) is 8.55. The van der Waals surface area contributed by atoms with Gasteiger partial charge in [0.25, 0.3) is 0 Å². The van der Waals surface area contributed by atoms with Crippen molar-refractivity contribution >= 4 is 0 Å². The van der Waals surface area contributed by atoms with Gasteiger partial charge in [0, 0.05) is 0 Å². The lowest BCUT2D eigenvalue weighted by molar-refractivity contribution is 0.249. The Morgan fingerprint density at radius 3 is 2.00 bits per heavy atom. The molecular weight excluding hydrogens is 146 g/mol. The summed E-state index contributed by atoms with van der Waals surface area (Å²) in [5, 5.41) is 0. The Labute approximate surface area is 76.7 Å². The first kappa shape index (κ1) is 10.0. The molecule has 0 radical (unpaired) electrons. The zero-order valence-electron chi connectivity index (χ0n) is 8.55. The Morgan fingerprint density at radius 2 is 1.58 bits per heavy atom. The van der Waals surface area contributed by atoms with Gasteiger partial charge in [-0.05, 0) is 43.6 Å². The molecule has 0 spiro atoms. The highest BCUT2D eigenvalue weighted by Gasteiger charge is 2.20. The first-order chi connectivity index (χ1) is 5.72. The molecule has 1 aliphatic rings. The molecule has 0 aromatic carbocycles. The normalized spacial score (nSPS) is 31.0.